The number of carbonyl (C=O) groups is 1. The number of rotatable bonds is 3. The number of hydrogen-bond donors (Lipinski definition) is 0. The molecule has 1 aliphatic carbocycles. The first-order chi connectivity index (χ1) is 7.45. The van der Waals surface area contributed by atoms with Crippen LogP contribution in [0.4, 0.5) is 0 Å². The van der Waals surface area contributed by atoms with Crippen LogP contribution in [-0.2, 0) is 4.79 Å². The van der Waals surface area contributed by atoms with Crippen LogP contribution in [0, 0.1) is 11.3 Å². The minimum absolute atomic E-state index is 0.182. The average Bonchev–Trinajstić information content (AvgIpc) is 2.56. The lowest BCUT2D eigenvalue weighted by Crippen LogP contribution is -2.42. The zero-order valence-electron chi connectivity index (χ0n) is 11.1. The highest BCUT2D eigenvalue weighted by molar-refractivity contribution is 5.86. The lowest BCUT2D eigenvalue weighted by Gasteiger charge is -2.38. The van der Waals surface area contributed by atoms with Crippen molar-refractivity contribution in [2.24, 2.45) is 11.3 Å². The third-order valence-electron chi connectivity index (χ3n) is 4.52. The van der Waals surface area contributed by atoms with Crippen molar-refractivity contribution in [3.63, 3.8) is 0 Å². The Kier molecular flexibility index (Phi) is 3.13. The largest absolute Gasteiger partial charge is 0.298 e. The van der Waals surface area contributed by atoms with Gasteiger partial charge in [0.05, 0.1) is 6.04 Å². The molecule has 2 heteroatoms. The van der Waals surface area contributed by atoms with Gasteiger partial charge in [-0.25, -0.2) is 0 Å². The van der Waals surface area contributed by atoms with Gasteiger partial charge in [0.15, 0.2) is 5.78 Å². The van der Waals surface area contributed by atoms with Gasteiger partial charge in [0.1, 0.15) is 0 Å². The van der Waals surface area contributed by atoms with Gasteiger partial charge >= 0.3 is 0 Å². The maximum Gasteiger partial charge on any atom is 0.152 e. The molecular weight excluding hydrogens is 198 g/mol. The molecule has 0 N–H and O–H groups in total. The summed E-state index contributed by atoms with van der Waals surface area (Å²) in [4.78, 5) is 14.7. The summed E-state index contributed by atoms with van der Waals surface area (Å²) in [7, 11) is 0. The molecule has 0 radical (unpaired) electrons. The second-order valence-electron chi connectivity index (χ2n) is 6.40. The quantitative estimate of drug-likeness (QED) is 0.733. The second kappa shape index (κ2) is 4.14. The standard InChI is InChI=1S/C14H25NO/c1-10(2)13(16)12-8-14(6-5-7-14)9-15(12)11(3)4/h10-12H,5-9H2,1-4H3. The maximum atomic E-state index is 12.2. The Balaban J connectivity index is 2.12. The molecule has 0 aromatic rings. The number of nitrogens with zero attached hydrogens (tertiary/aromatic N) is 1. The first kappa shape index (κ1) is 12.1. The average molecular weight is 223 g/mol. The molecule has 1 spiro atoms. The highest BCUT2D eigenvalue weighted by atomic mass is 16.1. The minimum atomic E-state index is 0.182. The Morgan fingerprint density at radius 3 is 2.25 bits per heavy atom. The second-order valence-corrected chi connectivity index (χ2v) is 6.40. The molecule has 92 valence electrons. The number of carbonyl (C=O) groups excluding carboxylic acids is 1. The van der Waals surface area contributed by atoms with Crippen molar-refractivity contribution < 1.29 is 4.79 Å². The van der Waals surface area contributed by atoms with Crippen molar-refractivity contribution in [1.82, 2.24) is 4.90 Å². The monoisotopic (exact) mass is 223 g/mol. The summed E-state index contributed by atoms with van der Waals surface area (Å²) in [6.45, 7) is 9.67. The fourth-order valence-electron chi connectivity index (χ4n) is 3.32. The molecule has 0 aromatic carbocycles. The normalized spacial score (nSPS) is 29.0. The number of Topliss-reactive ketones (excluding diaryl/α,β-unsaturated/α-hetero) is 1. The fourth-order valence-corrected chi connectivity index (χ4v) is 3.32. The van der Waals surface area contributed by atoms with Gasteiger partial charge in [0, 0.05) is 18.5 Å². The molecule has 0 bridgehead atoms. The van der Waals surface area contributed by atoms with Gasteiger partial charge < -0.3 is 0 Å². The molecule has 0 aromatic heterocycles. The van der Waals surface area contributed by atoms with Gasteiger partial charge in [0.25, 0.3) is 0 Å². The Hall–Kier alpha value is -0.370. The van der Waals surface area contributed by atoms with Gasteiger partial charge in [-0.15, -0.1) is 0 Å². The molecule has 1 aliphatic heterocycles. The maximum absolute atomic E-state index is 12.2. The molecule has 0 amide bonds. The summed E-state index contributed by atoms with van der Waals surface area (Å²) in [5, 5.41) is 0. The third kappa shape index (κ3) is 1.92. The van der Waals surface area contributed by atoms with Crippen LogP contribution < -0.4 is 0 Å². The van der Waals surface area contributed by atoms with E-state index in [0.717, 1.165) is 13.0 Å². The number of likely N-dealkylation sites (tertiary alicyclic amines) is 1. The lowest BCUT2D eigenvalue weighted by atomic mass is 9.67. The van der Waals surface area contributed by atoms with E-state index in [2.05, 4.69) is 18.7 Å². The van der Waals surface area contributed by atoms with Gasteiger partial charge in [-0.2, -0.15) is 0 Å². The van der Waals surface area contributed by atoms with Crippen LogP contribution in [-0.4, -0.2) is 29.3 Å². The van der Waals surface area contributed by atoms with Crippen molar-refractivity contribution in [1.29, 1.82) is 0 Å². The van der Waals surface area contributed by atoms with E-state index in [1.807, 2.05) is 13.8 Å². The van der Waals surface area contributed by atoms with Crippen molar-refractivity contribution >= 4 is 5.78 Å². The van der Waals surface area contributed by atoms with Crippen molar-refractivity contribution in [2.45, 2.75) is 65.5 Å². The van der Waals surface area contributed by atoms with Crippen molar-refractivity contribution in [3.8, 4) is 0 Å². The van der Waals surface area contributed by atoms with Crippen molar-refractivity contribution in [3.05, 3.63) is 0 Å². The van der Waals surface area contributed by atoms with E-state index in [1.54, 1.807) is 0 Å². The minimum Gasteiger partial charge on any atom is -0.298 e. The molecule has 1 heterocycles. The summed E-state index contributed by atoms with van der Waals surface area (Å²) in [6.07, 6.45) is 5.19. The molecule has 2 aliphatic rings. The zero-order chi connectivity index (χ0) is 11.9. The molecule has 16 heavy (non-hydrogen) atoms. The molecule has 2 nitrogen and oxygen atoms in total. The Morgan fingerprint density at radius 1 is 1.25 bits per heavy atom. The molecule has 1 unspecified atom stereocenters. The van der Waals surface area contributed by atoms with E-state index in [0.29, 0.717) is 17.2 Å². The van der Waals surface area contributed by atoms with Crippen LogP contribution in [0.2, 0.25) is 0 Å². The Labute approximate surface area is 99.4 Å². The van der Waals surface area contributed by atoms with Crippen molar-refractivity contribution in [2.75, 3.05) is 6.54 Å². The predicted molar refractivity (Wildman–Crippen MR) is 66.4 cm³/mol. The SMILES string of the molecule is CC(C)C(=O)C1CC2(CCC2)CN1C(C)C. The molecule has 1 saturated carbocycles. The molecule has 2 rings (SSSR count). The van der Waals surface area contributed by atoms with Crippen LogP contribution in [0.1, 0.15) is 53.4 Å². The van der Waals surface area contributed by atoms with Crippen LogP contribution in [0.25, 0.3) is 0 Å². The Bertz CT molecular complexity index is 278. The molecular formula is C14H25NO. The summed E-state index contributed by atoms with van der Waals surface area (Å²) >= 11 is 0. The molecule has 1 atom stereocenters. The molecule has 1 saturated heterocycles. The smallest absolute Gasteiger partial charge is 0.152 e. The number of ketones is 1. The first-order valence-corrected chi connectivity index (χ1v) is 6.75. The predicted octanol–water partition coefficient (Wildman–Crippen LogP) is 2.86. The first-order valence-electron chi connectivity index (χ1n) is 6.75. The van der Waals surface area contributed by atoms with E-state index in [-0.39, 0.29) is 12.0 Å². The molecule has 2 fully saturated rings. The van der Waals surface area contributed by atoms with E-state index in [9.17, 15) is 4.79 Å². The van der Waals surface area contributed by atoms with Gasteiger partial charge in [0.2, 0.25) is 0 Å². The summed E-state index contributed by atoms with van der Waals surface area (Å²) in [5.41, 5.74) is 0.513. The summed E-state index contributed by atoms with van der Waals surface area (Å²) in [6, 6.07) is 0.716. The van der Waals surface area contributed by atoms with Crippen LogP contribution >= 0.6 is 0 Å². The van der Waals surface area contributed by atoms with Crippen LogP contribution in [0.5, 0.6) is 0 Å². The fraction of sp³-hybridized carbons (Fsp3) is 0.929. The van der Waals surface area contributed by atoms with Gasteiger partial charge in [-0.1, -0.05) is 20.3 Å². The van der Waals surface area contributed by atoms with Crippen LogP contribution in [0.3, 0.4) is 0 Å². The summed E-state index contributed by atoms with van der Waals surface area (Å²) < 4.78 is 0. The highest BCUT2D eigenvalue weighted by Crippen LogP contribution is 2.51. The summed E-state index contributed by atoms with van der Waals surface area (Å²) in [5.74, 6) is 0.638. The van der Waals surface area contributed by atoms with Gasteiger partial charge in [-0.05, 0) is 38.5 Å². The third-order valence-corrected chi connectivity index (χ3v) is 4.52. The zero-order valence-corrected chi connectivity index (χ0v) is 11.1. The van der Waals surface area contributed by atoms with E-state index < -0.39 is 0 Å². The Morgan fingerprint density at radius 2 is 1.88 bits per heavy atom. The van der Waals surface area contributed by atoms with Crippen LogP contribution in [0.15, 0.2) is 0 Å². The lowest BCUT2D eigenvalue weighted by molar-refractivity contribution is -0.126. The number of hydrogen-bond acceptors (Lipinski definition) is 2. The van der Waals surface area contributed by atoms with Gasteiger partial charge in [-0.3, -0.25) is 9.69 Å². The van der Waals surface area contributed by atoms with E-state index >= 15 is 0 Å². The van der Waals surface area contributed by atoms with E-state index in [1.165, 1.54) is 19.3 Å². The topological polar surface area (TPSA) is 20.3 Å². The highest BCUT2D eigenvalue weighted by Gasteiger charge is 2.50. The van der Waals surface area contributed by atoms with E-state index in [4.69, 9.17) is 0 Å².